The molecule has 1 aromatic rings. The second-order valence-electron chi connectivity index (χ2n) is 7.02. The zero-order chi connectivity index (χ0) is 21.1. The lowest BCUT2D eigenvalue weighted by atomic mass is 10.1. The molecule has 2 amide bonds. The number of halogens is 1. The first-order valence-corrected chi connectivity index (χ1v) is 11.4. The van der Waals surface area contributed by atoms with E-state index in [2.05, 4.69) is 27.8 Å². The van der Waals surface area contributed by atoms with Crippen molar-refractivity contribution in [2.45, 2.75) is 64.0 Å². The van der Waals surface area contributed by atoms with Crippen molar-refractivity contribution < 1.29 is 9.59 Å². The van der Waals surface area contributed by atoms with Gasteiger partial charge in [0, 0.05) is 18.0 Å². The molecule has 29 heavy (non-hydrogen) atoms. The second kappa shape index (κ2) is 12.6. The third-order valence-electron chi connectivity index (χ3n) is 4.55. The molecule has 1 aliphatic heterocycles. The van der Waals surface area contributed by atoms with E-state index in [9.17, 15) is 9.59 Å². The number of nitrogens with one attached hydrogen (secondary N) is 2. The first kappa shape index (κ1) is 23.4. The molecule has 158 valence electrons. The van der Waals surface area contributed by atoms with Crippen LogP contribution in [-0.2, 0) is 9.59 Å². The molecule has 0 bridgehead atoms. The van der Waals surface area contributed by atoms with Crippen LogP contribution in [0, 0.1) is 0 Å². The molecule has 8 heteroatoms. The Balaban J connectivity index is 1.74. The quantitative estimate of drug-likeness (QED) is 0.304. The molecule has 0 radical (unpaired) electrons. The maximum atomic E-state index is 12.1. The van der Waals surface area contributed by atoms with Gasteiger partial charge in [-0.25, -0.2) is 0 Å². The fraction of sp³-hybridized carbons (Fsp3) is 0.524. The molecular weight excluding hydrogens is 408 g/mol. The van der Waals surface area contributed by atoms with Crippen molar-refractivity contribution in [1.82, 2.24) is 10.6 Å². The van der Waals surface area contributed by atoms with Crippen molar-refractivity contribution in [3.05, 3.63) is 34.9 Å². The van der Waals surface area contributed by atoms with Gasteiger partial charge in [-0.2, -0.15) is 5.10 Å². The Labute approximate surface area is 182 Å². The van der Waals surface area contributed by atoms with Crippen molar-refractivity contribution >= 4 is 46.1 Å². The topological polar surface area (TPSA) is 82.9 Å². The number of hydrogen-bond acceptors (Lipinski definition) is 5. The highest BCUT2D eigenvalue weighted by molar-refractivity contribution is 8.15. The normalized spacial score (nSPS) is 18.2. The minimum Gasteiger partial charge on any atom is -0.356 e. The number of benzene rings is 1. The molecule has 0 aliphatic carbocycles. The summed E-state index contributed by atoms with van der Waals surface area (Å²) >= 11 is 7.13. The molecule has 2 N–H and O–H groups in total. The Morgan fingerprint density at radius 1 is 1.17 bits per heavy atom. The lowest BCUT2D eigenvalue weighted by molar-refractivity contribution is -0.125. The van der Waals surface area contributed by atoms with Gasteiger partial charge < -0.3 is 10.6 Å². The summed E-state index contributed by atoms with van der Waals surface area (Å²) in [4.78, 5) is 24.2. The molecule has 1 aromatic carbocycles. The molecule has 0 spiro atoms. The van der Waals surface area contributed by atoms with Crippen LogP contribution in [0.4, 0.5) is 0 Å². The fourth-order valence-corrected chi connectivity index (χ4v) is 3.87. The summed E-state index contributed by atoms with van der Waals surface area (Å²) in [5.41, 5.74) is 1.61. The maximum absolute atomic E-state index is 12.1. The van der Waals surface area contributed by atoms with E-state index in [0.717, 1.165) is 18.4 Å². The van der Waals surface area contributed by atoms with E-state index in [1.807, 2.05) is 19.1 Å². The van der Waals surface area contributed by atoms with Gasteiger partial charge in [0.15, 0.2) is 5.17 Å². The molecule has 1 saturated heterocycles. The summed E-state index contributed by atoms with van der Waals surface area (Å²) in [6.07, 6.45) is 7.21. The van der Waals surface area contributed by atoms with E-state index in [-0.39, 0.29) is 18.2 Å². The Hall–Kier alpha value is -1.86. The average Bonchev–Trinajstić information content (AvgIpc) is 3.05. The van der Waals surface area contributed by atoms with E-state index in [1.165, 1.54) is 37.4 Å². The Morgan fingerprint density at radius 2 is 1.86 bits per heavy atom. The molecule has 1 heterocycles. The van der Waals surface area contributed by atoms with Crippen LogP contribution in [-0.4, -0.2) is 34.5 Å². The van der Waals surface area contributed by atoms with Gasteiger partial charge in [0.1, 0.15) is 5.25 Å². The van der Waals surface area contributed by atoms with Crippen LogP contribution in [0.25, 0.3) is 0 Å². The number of thioether (sulfide) groups is 1. The van der Waals surface area contributed by atoms with Gasteiger partial charge in [-0.1, -0.05) is 74.5 Å². The van der Waals surface area contributed by atoms with Crippen molar-refractivity contribution in [3.8, 4) is 0 Å². The highest BCUT2D eigenvalue weighted by Gasteiger charge is 2.32. The van der Waals surface area contributed by atoms with Gasteiger partial charge in [0.2, 0.25) is 11.8 Å². The van der Waals surface area contributed by atoms with Crippen LogP contribution in [0.15, 0.2) is 34.5 Å². The zero-order valence-corrected chi connectivity index (χ0v) is 18.6. The van der Waals surface area contributed by atoms with Crippen LogP contribution in [0.1, 0.15) is 64.4 Å². The number of nitrogens with zero attached hydrogens (tertiary/aromatic N) is 2. The second-order valence-corrected chi connectivity index (χ2v) is 8.64. The molecule has 1 fully saturated rings. The minimum absolute atomic E-state index is 0.103. The summed E-state index contributed by atoms with van der Waals surface area (Å²) < 4.78 is 0. The summed E-state index contributed by atoms with van der Waals surface area (Å²) in [7, 11) is 0. The van der Waals surface area contributed by atoms with Crippen LogP contribution in [0.5, 0.6) is 0 Å². The largest absolute Gasteiger partial charge is 0.356 e. The lowest BCUT2D eigenvalue weighted by Crippen LogP contribution is -2.31. The first-order chi connectivity index (χ1) is 14.0. The number of hydrogen-bond donors (Lipinski definition) is 2. The van der Waals surface area contributed by atoms with Crippen LogP contribution in [0.2, 0.25) is 5.02 Å². The summed E-state index contributed by atoms with van der Waals surface area (Å²) in [5, 5.41) is 14.5. The number of carbonyl (C=O) groups is 2. The minimum atomic E-state index is -0.468. The molecule has 0 unspecified atom stereocenters. The Morgan fingerprint density at radius 3 is 2.59 bits per heavy atom. The highest BCUT2D eigenvalue weighted by Crippen LogP contribution is 2.22. The lowest BCUT2D eigenvalue weighted by Gasteiger charge is -2.07. The number of carbonyl (C=O) groups excluding carboxylic acids is 2. The van der Waals surface area contributed by atoms with Gasteiger partial charge in [0.25, 0.3) is 0 Å². The van der Waals surface area contributed by atoms with Gasteiger partial charge in [-0.15, -0.1) is 5.10 Å². The van der Waals surface area contributed by atoms with Gasteiger partial charge in [-0.3, -0.25) is 9.59 Å². The summed E-state index contributed by atoms with van der Waals surface area (Å²) in [6, 6.07) is 7.29. The average molecular weight is 437 g/mol. The van der Waals surface area contributed by atoms with Crippen LogP contribution < -0.4 is 10.6 Å². The standard InChI is InChI=1S/C21H29ClN4O2S/c1-3-4-5-6-7-8-13-23-19(27)14-18-20(28)24-21(29-18)26-25-15(2)16-9-11-17(22)12-10-16/h9-12,18H,3-8,13-14H2,1-2H3,(H,23,27)(H,24,26,28)/b25-15-/t18-/m1/s1. The Bertz CT molecular complexity index is 750. The van der Waals surface area contributed by atoms with E-state index >= 15 is 0 Å². The van der Waals surface area contributed by atoms with Crippen molar-refractivity contribution in [1.29, 1.82) is 0 Å². The van der Waals surface area contributed by atoms with E-state index < -0.39 is 5.25 Å². The molecule has 0 saturated carbocycles. The van der Waals surface area contributed by atoms with Crippen molar-refractivity contribution in [2.75, 3.05) is 6.54 Å². The van der Waals surface area contributed by atoms with Crippen LogP contribution >= 0.6 is 23.4 Å². The molecular formula is C21H29ClN4O2S. The number of rotatable bonds is 11. The van der Waals surface area contributed by atoms with Gasteiger partial charge >= 0.3 is 0 Å². The van der Waals surface area contributed by atoms with Crippen molar-refractivity contribution in [3.63, 3.8) is 0 Å². The van der Waals surface area contributed by atoms with Gasteiger partial charge in [0.05, 0.1) is 5.71 Å². The maximum Gasteiger partial charge on any atom is 0.240 e. The molecule has 1 aliphatic rings. The zero-order valence-electron chi connectivity index (χ0n) is 17.0. The first-order valence-electron chi connectivity index (χ1n) is 10.1. The number of unbranched alkanes of at least 4 members (excludes halogenated alkanes) is 5. The summed E-state index contributed by atoms with van der Waals surface area (Å²) in [6.45, 7) is 4.69. The van der Waals surface area contributed by atoms with Crippen molar-refractivity contribution in [2.24, 2.45) is 10.2 Å². The number of amidine groups is 1. The predicted molar refractivity (Wildman–Crippen MR) is 122 cm³/mol. The molecule has 1 atom stereocenters. The summed E-state index contributed by atoms with van der Waals surface area (Å²) in [5.74, 6) is -0.309. The highest BCUT2D eigenvalue weighted by atomic mass is 35.5. The van der Waals surface area contributed by atoms with E-state index in [4.69, 9.17) is 11.6 Å². The molecule has 6 nitrogen and oxygen atoms in total. The van der Waals surface area contributed by atoms with Crippen LogP contribution in [0.3, 0.4) is 0 Å². The fourth-order valence-electron chi connectivity index (χ4n) is 2.83. The van der Waals surface area contributed by atoms with E-state index in [0.29, 0.717) is 22.4 Å². The Kier molecular flexibility index (Phi) is 10.2. The number of amides is 2. The third-order valence-corrected chi connectivity index (χ3v) is 5.88. The predicted octanol–water partition coefficient (Wildman–Crippen LogP) is 4.52. The monoisotopic (exact) mass is 436 g/mol. The SMILES string of the molecule is CCCCCCCCNC(=O)C[C@H]1S/C(=N/N=C(/C)c2ccc(Cl)cc2)NC1=O. The molecule has 2 rings (SSSR count). The molecule has 0 aromatic heterocycles. The smallest absolute Gasteiger partial charge is 0.240 e. The van der Waals surface area contributed by atoms with E-state index in [1.54, 1.807) is 12.1 Å². The van der Waals surface area contributed by atoms with Gasteiger partial charge in [-0.05, 0) is 31.0 Å². The third kappa shape index (κ3) is 8.58.